The van der Waals surface area contributed by atoms with Gasteiger partial charge in [0, 0.05) is 23.2 Å². The Morgan fingerprint density at radius 2 is 2.20 bits per heavy atom. The summed E-state index contributed by atoms with van der Waals surface area (Å²) < 4.78 is 10.8. The highest BCUT2D eigenvalue weighted by atomic mass is 32.1. The van der Waals surface area contributed by atoms with E-state index in [1.54, 1.807) is 11.3 Å². The third-order valence-corrected chi connectivity index (χ3v) is 5.15. The fourth-order valence-electron chi connectivity index (χ4n) is 2.80. The Morgan fingerprint density at radius 1 is 1.28 bits per heavy atom. The molecular weight excluding hydrogens is 336 g/mol. The second kappa shape index (κ2) is 7.25. The maximum absolute atomic E-state index is 5.43. The number of nitrogens with one attached hydrogen (secondary N) is 2. The van der Waals surface area contributed by atoms with Crippen LogP contribution in [0.25, 0.3) is 10.6 Å². The van der Waals surface area contributed by atoms with Crippen molar-refractivity contribution < 1.29 is 9.47 Å². The summed E-state index contributed by atoms with van der Waals surface area (Å²) in [5.41, 5.74) is 4.58. The Balaban J connectivity index is 1.28. The van der Waals surface area contributed by atoms with E-state index in [-0.39, 0.29) is 0 Å². The molecule has 25 heavy (non-hydrogen) atoms. The lowest BCUT2D eigenvalue weighted by molar-refractivity contribution is 0.174. The zero-order valence-corrected chi connectivity index (χ0v) is 14.9. The highest BCUT2D eigenvalue weighted by Gasteiger charge is 2.15. The molecule has 0 fully saturated rings. The molecule has 1 aliphatic heterocycles. The van der Waals surface area contributed by atoms with Crippen LogP contribution in [0.4, 0.5) is 0 Å². The van der Waals surface area contributed by atoms with Crippen molar-refractivity contribution in [2.75, 3.05) is 13.3 Å². The molecule has 0 bridgehead atoms. The molecule has 7 heteroatoms. The van der Waals surface area contributed by atoms with Gasteiger partial charge in [0.15, 0.2) is 11.5 Å². The largest absolute Gasteiger partial charge is 0.454 e. The topological polar surface area (TPSA) is 72.1 Å². The Morgan fingerprint density at radius 3 is 3.08 bits per heavy atom. The maximum Gasteiger partial charge on any atom is 0.231 e. The minimum atomic E-state index is 0.296. The van der Waals surface area contributed by atoms with Crippen molar-refractivity contribution in [1.82, 2.24) is 20.5 Å². The van der Waals surface area contributed by atoms with Gasteiger partial charge in [-0.2, -0.15) is 5.10 Å². The van der Waals surface area contributed by atoms with Crippen LogP contribution in [0.2, 0.25) is 0 Å². The summed E-state index contributed by atoms with van der Waals surface area (Å²) >= 11 is 1.65. The van der Waals surface area contributed by atoms with E-state index in [4.69, 9.17) is 14.5 Å². The van der Waals surface area contributed by atoms with Crippen LogP contribution in [-0.2, 0) is 13.0 Å². The van der Waals surface area contributed by atoms with Gasteiger partial charge in [-0.1, -0.05) is 0 Å². The first kappa shape index (κ1) is 16.1. The number of benzene rings is 1. The quantitative estimate of drug-likeness (QED) is 0.636. The fraction of sp³-hybridized carbons (Fsp3) is 0.333. The first-order valence-corrected chi connectivity index (χ1v) is 9.21. The van der Waals surface area contributed by atoms with Crippen molar-refractivity contribution in [3.8, 4) is 22.1 Å². The van der Waals surface area contributed by atoms with Crippen molar-refractivity contribution >= 4 is 11.3 Å². The van der Waals surface area contributed by atoms with Crippen LogP contribution < -0.4 is 14.8 Å². The van der Waals surface area contributed by atoms with Crippen molar-refractivity contribution in [1.29, 1.82) is 0 Å². The molecule has 3 aromatic rings. The molecule has 0 amide bonds. The minimum absolute atomic E-state index is 0.296. The van der Waals surface area contributed by atoms with Gasteiger partial charge >= 0.3 is 0 Å². The van der Waals surface area contributed by atoms with Crippen LogP contribution in [0.15, 0.2) is 29.8 Å². The molecule has 0 spiro atoms. The molecule has 0 atom stereocenters. The Hall–Kier alpha value is -2.38. The molecule has 2 aromatic heterocycles. The molecule has 0 aliphatic carbocycles. The number of aromatic nitrogens is 3. The van der Waals surface area contributed by atoms with Crippen molar-refractivity contribution in [2.45, 2.75) is 26.3 Å². The normalized spacial score (nSPS) is 12.7. The monoisotopic (exact) mass is 356 g/mol. The number of H-pyrrole nitrogens is 1. The third kappa shape index (κ3) is 3.67. The molecule has 0 radical (unpaired) electrons. The molecule has 130 valence electrons. The first-order valence-electron chi connectivity index (χ1n) is 8.33. The summed E-state index contributed by atoms with van der Waals surface area (Å²) in [7, 11) is 0. The number of nitrogens with zero attached hydrogens (tertiary/aromatic N) is 2. The predicted molar refractivity (Wildman–Crippen MR) is 97.0 cm³/mol. The molecule has 3 heterocycles. The second-order valence-corrected chi connectivity index (χ2v) is 6.87. The van der Waals surface area contributed by atoms with E-state index in [1.807, 2.05) is 24.4 Å². The number of hydrogen-bond donors (Lipinski definition) is 2. The summed E-state index contributed by atoms with van der Waals surface area (Å²) in [6.07, 6.45) is 4.03. The van der Waals surface area contributed by atoms with Crippen LogP contribution >= 0.6 is 11.3 Å². The number of rotatable bonds is 7. The van der Waals surface area contributed by atoms with Crippen molar-refractivity contribution in [3.05, 3.63) is 46.7 Å². The molecule has 4 rings (SSSR count). The number of hydrogen-bond acceptors (Lipinski definition) is 6. The first-order chi connectivity index (χ1) is 12.3. The number of aromatic amines is 1. The molecule has 0 saturated heterocycles. The van der Waals surface area contributed by atoms with Crippen LogP contribution in [-0.4, -0.2) is 28.5 Å². The van der Waals surface area contributed by atoms with Crippen LogP contribution in [0.3, 0.4) is 0 Å². The van der Waals surface area contributed by atoms with Gasteiger partial charge in [0.25, 0.3) is 0 Å². The zero-order chi connectivity index (χ0) is 17.1. The minimum Gasteiger partial charge on any atom is -0.454 e. The van der Waals surface area contributed by atoms with Gasteiger partial charge in [-0.3, -0.25) is 5.10 Å². The second-order valence-electron chi connectivity index (χ2n) is 6.01. The molecular formula is C18H20N4O2S. The lowest BCUT2D eigenvalue weighted by atomic mass is 10.1. The number of fused-ring (bicyclic) bond motifs is 1. The van der Waals surface area contributed by atoms with Crippen LogP contribution in [0.1, 0.15) is 23.4 Å². The number of thiazole rings is 1. The summed E-state index contributed by atoms with van der Waals surface area (Å²) in [4.78, 5) is 4.71. The SMILES string of the molecule is Cc1[nH]ncc1CCCNCc1csc(-c2ccc3c(c2)OCO3)n1. The third-order valence-electron chi connectivity index (χ3n) is 4.21. The standard InChI is InChI=1S/C18H20N4O2S/c1-12-14(8-20-22-12)3-2-6-19-9-15-10-25-18(21-15)13-4-5-16-17(7-13)24-11-23-16/h4-5,7-8,10,19H,2-3,6,9,11H2,1H3,(H,20,22). The summed E-state index contributed by atoms with van der Waals surface area (Å²) in [5, 5.41) is 13.6. The van der Waals surface area contributed by atoms with Crippen molar-refractivity contribution in [3.63, 3.8) is 0 Å². The summed E-state index contributed by atoms with van der Waals surface area (Å²) in [6, 6.07) is 5.96. The summed E-state index contributed by atoms with van der Waals surface area (Å²) in [6.45, 7) is 4.10. The van der Waals surface area contributed by atoms with Gasteiger partial charge in [0.1, 0.15) is 5.01 Å². The van der Waals surface area contributed by atoms with E-state index < -0.39 is 0 Å². The predicted octanol–water partition coefficient (Wildman–Crippen LogP) is 3.29. The smallest absolute Gasteiger partial charge is 0.231 e. The Bertz CT molecular complexity index is 858. The average molecular weight is 356 g/mol. The number of ether oxygens (including phenoxy) is 2. The molecule has 0 saturated carbocycles. The van der Waals surface area contributed by atoms with Gasteiger partial charge in [-0.15, -0.1) is 11.3 Å². The summed E-state index contributed by atoms with van der Waals surface area (Å²) in [5.74, 6) is 1.59. The van der Waals surface area contributed by atoms with Gasteiger partial charge in [0.05, 0.1) is 11.9 Å². The van der Waals surface area contributed by atoms with Gasteiger partial charge in [0.2, 0.25) is 6.79 Å². The molecule has 6 nitrogen and oxygen atoms in total. The Labute approximate surface area is 150 Å². The zero-order valence-electron chi connectivity index (χ0n) is 14.0. The van der Waals surface area contributed by atoms with E-state index in [1.165, 1.54) is 5.56 Å². The van der Waals surface area contributed by atoms with Crippen molar-refractivity contribution in [2.24, 2.45) is 0 Å². The molecule has 0 unspecified atom stereocenters. The fourth-order valence-corrected chi connectivity index (χ4v) is 3.62. The van der Waals surface area contributed by atoms with Gasteiger partial charge in [-0.25, -0.2) is 4.98 Å². The van der Waals surface area contributed by atoms with Gasteiger partial charge in [-0.05, 0) is 50.1 Å². The van der Waals surface area contributed by atoms with E-state index in [9.17, 15) is 0 Å². The average Bonchev–Trinajstić information content (AvgIpc) is 3.35. The highest BCUT2D eigenvalue weighted by molar-refractivity contribution is 7.13. The maximum atomic E-state index is 5.43. The molecule has 2 N–H and O–H groups in total. The molecule has 1 aliphatic rings. The lowest BCUT2D eigenvalue weighted by Gasteiger charge is -2.03. The van der Waals surface area contributed by atoms with Crippen LogP contribution in [0, 0.1) is 6.92 Å². The highest BCUT2D eigenvalue weighted by Crippen LogP contribution is 2.36. The van der Waals surface area contributed by atoms with Gasteiger partial charge < -0.3 is 14.8 Å². The van der Waals surface area contributed by atoms with E-state index in [0.717, 1.165) is 59.4 Å². The van der Waals surface area contributed by atoms with E-state index in [0.29, 0.717) is 6.79 Å². The van der Waals surface area contributed by atoms with E-state index in [2.05, 4.69) is 27.8 Å². The number of aryl methyl sites for hydroxylation is 2. The molecule has 1 aromatic carbocycles. The Kier molecular flexibility index (Phi) is 4.67. The van der Waals surface area contributed by atoms with Crippen LogP contribution in [0.5, 0.6) is 11.5 Å². The van der Waals surface area contributed by atoms with E-state index >= 15 is 0 Å². The lowest BCUT2D eigenvalue weighted by Crippen LogP contribution is -2.15.